The van der Waals surface area contributed by atoms with Crippen LogP contribution in [0.2, 0.25) is 0 Å². The molecular weight excluding hydrogens is 180 g/mol. The van der Waals surface area contributed by atoms with Crippen molar-refractivity contribution < 1.29 is 4.52 Å². The number of nitrogens with zero attached hydrogens (tertiary/aromatic N) is 3. The van der Waals surface area contributed by atoms with Crippen molar-refractivity contribution in [3.8, 4) is 6.07 Å². The number of allylic oxidation sites excluding steroid dienone is 1. The molecule has 0 unspecified atom stereocenters. The molecular formula is C9H10N4O. The van der Waals surface area contributed by atoms with Gasteiger partial charge >= 0.3 is 0 Å². The van der Waals surface area contributed by atoms with Crippen molar-refractivity contribution in [2.75, 3.05) is 0 Å². The van der Waals surface area contributed by atoms with E-state index < -0.39 is 0 Å². The van der Waals surface area contributed by atoms with Crippen LogP contribution in [-0.4, -0.2) is 10.9 Å². The van der Waals surface area contributed by atoms with Gasteiger partial charge in [-0.1, -0.05) is 5.16 Å². The number of nitriles is 1. The van der Waals surface area contributed by atoms with E-state index in [0.29, 0.717) is 12.3 Å². The van der Waals surface area contributed by atoms with Gasteiger partial charge in [-0.25, -0.2) is 0 Å². The average molecular weight is 190 g/mol. The van der Waals surface area contributed by atoms with Gasteiger partial charge in [-0.3, -0.25) is 4.99 Å². The summed E-state index contributed by atoms with van der Waals surface area (Å²) in [6.45, 7) is 2.19. The molecule has 1 heterocycles. The molecule has 0 fully saturated rings. The lowest BCUT2D eigenvalue weighted by Crippen LogP contribution is -1.89. The Kier molecular flexibility index (Phi) is 3.44. The highest BCUT2D eigenvalue weighted by molar-refractivity contribution is 5.92. The minimum absolute atomic E-state index is 0.266. The van der Waals surface area contributed by atoms with Gasteiger partial charge in [0.05, 0.1) is 0 Å². The normalized spacial score (nSPS) is 11.9. The Hall–Kier alpha value is -2.09. The van der Waals surface area contributed by atoms with Gasteiger partial charge in [-0.2, -0.15) is 5.26 Å². The van der Waals surface area contributed by atoms with Crippen molar-refractivity contribution >= 4 is 5.71 Å². The van der Waals surface area contributed by atoms with Gasteiger partial charge in [0.25, 0.3) is 0 Å². The van der Waals surface area contributed by atoms with Crippen LogP contribution in [0, 0.1) is 11.3 Å². The predicted molar refractivity (Wildman–Crippen MR) is 51.4 cm³/mol. The summed E-state index contributed by atoms with van der Waals surface area (Å²) < 4.78 is 4.85. The van der Waals surface area contributed by atoms with E-state index in [9.17, 15) is 0 Å². The zero-order chi connectivity index (χ0) is 10.4. The quantitative estimate of drug-likeness (QED) is 0.719. The maximum absolute atomic E-state index is 8.48. The molecule has 0 bridgehead atoms. The first-order valence-electron chi connectivity index (χ1n) is 4.01. The topological polar surface area (TPSA) is 88.2 Å². The maximum Gasteiger partial charge on any atom is 0.183 e. The summed E-state index contributed by atoms with van der Waals surface area (Å²) in [5.74, 6) is 0.561. The summed E-state index contributed by atoms with van der Waals surface area (Å²) in [6, 6.07) is 3.43. The lowest BCUT2D eigenvalue weighted by Gasteiger charge is -1.89. The molecule has 0 atom stereocenters. The molecule has 14 heavy (non-hydrogen) atoms. The van der Waals surface area contributed by atoms with Crippen LogP contribution in [0.1, 0.15) is 18.4 Å². The van der Waals surface area contributed by atoms with Crippen LogP contribution < -0.4 is 5.73 Å². The molecule has 2 N–H and O–H groups in total. The average Bonchev–Trinajstić information content (AvgIpc) is 2.63. The molecule has 0 saturated carbocycles. The Morgan fingerprint density at radius 2 is 2.64 bits per heavy atom. The van der Waals surface area contributed by atoms with Crippen molar-refractivity contribution in [2.24, 2.45) is 10.7 Å². The van der Waals surface area contributed by atoms with Gasteiger partial charge in [0.1, 0.15) is 12.6 Å². The van der Waals surface area contributed by atoms with Gasteiger partial charge in [0.2, 0.25) is 0 Å². The molecule has 0 spiro atoms. The molecule has 0 radical (unpaired) electrons. The van der Waals surface area contributed by atoms with E-state index in [1.54, 1.807) is 12.1 Å². The molecule has 0 saturated heterocycles. The Morgan fingerprint density at radius 1 is 1.86 bits per heavy atom. The van der Waals surface area contributed by atoms with Gasteiger partial charge in [0.15, 0.2) is 11.5 Å². The minimum atomic E-state index is 0.266. The van der Waals surface area contributed by atoms with Crippen molar-refractivity contribution in [2.45, 2.75) is 13.5 Å². The molecule has 5 nitrogen and oxygen atoms in total. The van der Waals surface area contributed by atoms with Gasteiger partial charge in [-0.15, -0.1) is 0 Å². The summed E-state index contributed by atoms with van der Waals surface area (Å²) in [5, 5.41) is 12.0. The highest BCUT2D eigenvalue weighted by Crippen LogP contribution is 2.03. The van der Waals surface area contributed by atoms with E-state index in [-0.39, 0.29) is 5.69 Å². The predicted octanol–water partition coefficient (Wildman–Crippen LogP) is 0.980. The summed E-state index contributed by atoms with van der Waals surface area (Å²) in [4.78, 5) is 4.14. The number of nitrogens with two attached hydrogens (primary N) is 1. The van der Waals surface area contributed by atoms with Crippen LogP contribution >= 0.6 is 0 Å². The molecule has 5 heteroatoms. The van der Waals surface area contributed by atoms with Gasteiger partial charge in [0, 0.05) is 11.8 Å². The number of hydrogen-bond donors (Lipinski definition) is 1. The van der Waals surface area contributed by atoms with E-state index in [1.165, 1.54) is 6.20 Å². The van der Waals surface area contributed by atoms with Crippen LogP contribution in [-0.2, 0) is 6.54 Å². The molecule has 0 amide bonds. The molecule has 0 aliphatic carbocycles. The first-order chi connectivity index (χ1) is 6.76. The minimum Gasteiger partial charge on any atom is -0.405 e. The smallest absolute Gasteiger partial charge is 0.183 e. The third kappa shape index (κ3) is 2.75. The number of rotatable bonds is 3. The molecule has 1 rings (SSSR count). The highest BCUT2D eigenvalue weighted by Gasteiger charge is 2.01. The van der Waals surface area contributed by atoms with Crippen molar-refractivity contribution in [1.82, 2.24) is 5.16 Å². The Morgan fingerprint density at radius 3 is 3.21 bits per heavy atom. The Labute approximate surface area is 81.5 Å². The fourth-order valence-corrected chi connectivity index (χ4v) is 0.835. The Balaban J connectivity index is 2.62. The molecule has 1 aromatic heterocycles. The second kappa shape index (κ2) is 4.82. The standard InChI is InChI=1S/C9H10N4O/c1-7(2-3-10)12-6-9-4-8(5-11)13-14-9/h2-4H,6,10H2,1H3. The second-order valence-corrected chi connectivity index (χ2v) is 2.61. The van der Waals surface area contributed by atoms with E-state index >= 15 is 0 Å². The molecule has 0 aromatic carbocycles. The van der Waals surface area contributed by atoms with Crippen LogP contribution in [0.5, 0.6) is 0 Å². The van der Waals surface area contributed by atoms with Crippen molar-refractivity contribution in [3.05, 3.63) is 29.8 Å². The fraction of sp³-hybridized carbons (Fsp3) is 0.222. The SMILES string of the molecule is CC(C=CN)=NCc1cc(C#N)no1. The number of aromatic nitrogens is 1. The van der Waals surface area contributed by atoms with E-state index in [4.69, 9.17) is 15.5 Å². The number of aliphatic imine (C=N–C) groups is 1. The zero-order valence-corrected chi connectivity index (χ0v) is 7.77. The maximum atomic E-state index is 8.48. The summed E-state index contributed by atoms with van der Waals surface area (Å²) in [7, 11) is 0. The van der Waals surface area contributed by atoms with E-state index in [2.05, 4.69) is 10.1 Å². The lowest BCUT2D eigenvalue weighted by molar-refractivity contribution is 0.383. The zero-order valence-electron chi connectivity index (χ0n) is 7.77. The van der Waals surface area contributed by atoms with Crippen LogP contribution in [0.4, 0.5) is 0 Å². The number of hydrogen-bond acceptors (Lipinski definition) is 5. The Bertz CT molecular complexity index is 397. The third-order valence-corrected chi connectivity index (χ3v) is 1.50. The first kappa shape index (κ1) is 9.99. The first-order valence-corrected chi connectivity index (χ1v) is 4.01. The van der Waals surface area contributed by atoms with E-state index in [1.807, 2.05) is 13.0 Å². The van der Waals surface area contributed by atoms with Crippen molar-refractivity contribution in [1.29, 1.82) is 5.26 Å². The third-order valence-electron chi connectivity index (χ3n) is 1.50. The fourth-order valence-electron chi connectivity index (χ4n) is 0.835. The van der Waals surface area contributed by atoms with Crippen LogP contribution in [0.3, 0.4) is 0 Å². The van der Waals surface area contributed by atoms with Gasteiger partial charge < -0.3 is 10.3 Å². The molecule has 72 valence electrons. The molecule has 0 aliphatic rings. The second-order valence-electron chi connectivity index (χ2n) is 2.61. The highest BCUT2D eigenvalue weighted by atomic mass is 16.5. The summed E-state index contributed by atoms with van der Waals surface area (Å²) in [6.07, 6.45) is 3.10. The van der Waals surface area contributed by atoms with Gasteiger partial charge in [-0.05, 0) is 19.2 Å². The van der Waals surface area contributed by atoms with Crippen LogP contribution in [0.25, 0.3) is 0 Å². The largest absolute Gasteiger partial charge is 0.405 e. The lowest BCUT2D eigenvalue weighted by atomic mass is 10.3. The van der Waals surface area contributed by atoms with E-state index in [0.717, 1.165) is 5.71 Å². The molecule has 0 aliphatic heterocycles. The monoisotopic (exact) mass is 190 g/mol. The summed E-state index contributed by atoms with van der Waals surface area (Å²) >= 11 is 0. The molecule has 1 aromatic rings. The summed E-state index contributed by atoms with van der Waals surface area (Å²) in [5.41, 5.74) is 6.24. The van der Waals surface area contributed by atoms with Crippen LogP contribution in [0.15, 0.2) is 27.9 Å². The van der Waals surface area contributed by atoms with Crippen molar-refractivity contribution in [3.63, 3.8) is 0 Å².